The molecule has 7 aromatic carbocycles. The summed E-state index contributed by atoms with van der Waals surface area (Å²) in [6, 6.07) is 51.6. The molecule has 7 aromatic rings. The predicted octanol–water partition coefficient (Wildman–Crippen LogP) is 12.1. The summed E-state index contributed by atoms with van der Waals surface area (Å²) in [7, 11) is 0. The molecule has 0 unspecified atom stereocenters. The molecule has 50 heavy (non-hydrogen) atoms. The van der Waals surface area contributed by atoms with E-state index in [9.17, 15) is 0 Å². The molecule has 0 heterocycles. The van der Waals surface area contributed by atoms with Gasteiger partial charge in [-0.05, 0) is 105 Å². The molecule has 0 bridgehead atoms. The first kappa shape index (κ1) is 31.0. The SMILES string of the molecule is Cc1ccc(N(C2=CC=C(c3ccc(N(c4ccc(C)cc4)c4ccc(N)c5ccccc45)cc3)CC2)c2ccc(N)c3ccccc23)cc1. The lowest BCUT2D eigenvalue weighted by Crippen LogP contribution is -2.18. The quantitative estimate of drug-likeness (QED) is 0.169. The van der Waals surface area contributed by atoms with Gasteiger partial charge in [-0.15, -0.1) is 0 Å². The largest absolute Gasteiger partial charge is 0.398 e. The van der Waals surface area contributed by atoms with Crippen LogP contribution in [0.5, 0.6) is 0 Å². The highest BCUT2D eigenvalue weighted by Crippen LogP contribution is 2.43. The molecule has 244 valence electrons. The first-order valence-electron chi connectivity index (χ1n) is 17.2. The van der Waals surface area contributed by atoms with E-state index >= 15 is 0 Å². The van der Waals surface area contributed by atoms with Crippen LogP contribution in [-0.2, 0) is 0 Å². The summed E-state index contributed by atoms with van der Waals surface area (Å²) >= 11 is 0. The number of anilines is 7. The fourth-order valence-corrected chi connectivity index (χ4v) is 7.16. The summed E-state index contributed by atoms with van der Waals surface area (Å²) in [5.74, 6) is 0. The van der Waals surface area contributed by atoms with E-state index in [2.05, 4.69) is 163 Å². The molecule has 4 heteroatoms. The van der Waals surface area contributed by atoms with E-state index in [1.807, 2.05) is 18.2 Å². The zero-order valence-corrected chi connectivity index (χ0v) is 28.5. The fraction of sp³-hybridized carbons (Fsp3) is 0.0870. The van der Waals surface area contributed by atoms with Crippen molar-refractivity contribution in [2.45, 2.75) is 26.7 Å². The Morgan fingerprint density at radius 2 is 0.860 bits per heavy atom. The molecule has 0 amide bonds. The van der Waals surface area contributed by atoms with Crippen LogP contribution in [0.4, 0.5) is 39.8 Å². The van der Waals surface area contributed by atoms with E-state index in [1.165, 1.54) is 28.0 Å². The van der Waals surface area contributed by atoms with Gasteiger partial charge in [0.2, 0.25) is 0 Å². The summed E-state index contributed by atoms with van der Waals surface area (Å²) in [6.45, 7) is 4.25. The van der Waals surface area contributed by atoms with E-state index in [-0.39, 0.29) is 0 Å². The standard InChI is InChI=1S/C46H40N4/c1-31-11-19-35(20-12-31)49(45-29-27-43(47)39-7-3-5-9-41(39)45)37-23-15-33(16-24-37)34-17-25-38(26-18-34)50(36-21-13-32(2)14-22-36)46-30-28-44(48)40-8-4-6-10-42(40)46/h3-17,19-25,27-30H,18,26,47-48H2,1-2H3. The molecular formula is C46H40N4. The van der Waals surface area contributed by atoms with Gasteiger partial charge in [-0.3, -0.25) is 0 Å². The number of allylic oxidation sites excluding steroid dienone is 4. The molecule has 0 aliphatic heterocycles. The van der Waals surface area contributed by atoms with Gasteiger partial charge in [-0.25, -0.2) is 0 Å². The Balaban J connectivity index is 1.16. The highest BCUT2D eigenvalue weighted by molar-refractivity contribution is 6.05. The van der Waals surface area contributed by atoms with Gasteiger partial charge in [0.15, 0.2) is 0 Å². The van der Waals surface area contributed by atoms with Crippen LogP contribution in [0.25, 0.3) is 27.1 Å². The van der Waals surface area contributed by atoms with E-state index in [4.69, 9.17) is 11.5 Å². The number of nitrogen functional groups attached to an aromatic ring is 2. The molecule has 0 saturated carbocycles. The van der Waals surface area contributed by atoms with Crippen molar-refractivity contribution in [3.8, 4) is 0 Å². The third kappa shape index (κ3) is 5.75. The lowest BCUT2D eigenvalue weighted by atomic mass is 9.94. The molecule has 0 radical (unpaired) electrons. The Bertz CT molecular complexity index is 2400. The predicted molar refractivity (Wildman–Crippen MR) is 215 cm³/mol. The van der Waals surface area contributed by atoms with Crippen LogP contribution < -0.4 is 21.3 Å². The van der Waals surface area contributed by atoms with Crippen LogP contribution >= 0.6 is 0 Å². The number of aryl methyl sites for hydroxylation is 2. The summed E-state index contributed by atoms with van der Waals surface area (Å²) in [5, 5.41) is 4.39. The van der Waals surface area contributed by atoms with Gasteiger partial charge in [-0.1, -0.05) is 102 Å². The summed E-state index contributed by atoms with van der Waals surface area (Å²) in [4.78, 5) is 4.72. The highest BCUT2D eigenvalue weighted by Gasteiger charge is 2.21. The van der Waals surface area contributed by atoms with Crippen molar-refractivity contribution in [2.24, 2.45) is 0 Å². The number of benzene rings is 7. The second-order valence-electron chi connectivity index (χ2n) is 13.2. The summed E-state index contributed by atoms with van der Waals surface area (Å²) in [5.41, 5.74) is 26.3. The van der Waals surface area contributed by atoms with Crippen LogP contribution in [-0.4, -0.2) is 0 Å². The van der Waals surface area contributed by atoms with Gasteiger partial charge in [0.1, 0.15) is 0 Å². The minimum atomic E-state index is 0.783. The van der Waals surface area contributed by atoms with Crippen molar-refractivity contribution in [3.63, 3.8) is 0 Å². The van der Waals surface area contributed by atoms with Gasteiger partial charge in [-0.2, -0.15) is 0 Å². The lowest BCUT2D eigenvalue weighted by molar-refractivity contribution is 0.931. The Hall–Kier alpha value is -6.26. The molecule has 4 N–H and O–H groups in total. The second kappa shape index (κ2) is 13.0. The molecule has 8 rings (SSSR count). The van der Waals surface area contributed by atoms with Crippen LogP contribution in [0.2, 0.25) is 0 Å². The Kier molecular flexibility index (Phi) is 8.06. The Morgan fingerprint density at radius 1 is 0.420 bits per heavy atom. The van der Waals surface area contributed by atoms with Gasteiger partial charge in [0.25, 0.3) is 0 Å². The first-order valence-corrected chi connectivity index (χ1v) is 17.2. The molecule has 1 aliphatic rings. The second-order valence-corrected chi connectivity index (χ2v) is 13.2. The number of nitrogens with zero attached hydrogens (tertiary/aromatic N) is 2. The molecule has 0 aromatic heterocycles. The smallest absolute Gasteiger partial charge is 0.0541 e. The van der Waals surface area contributed by atoms with Crippen molar-refractivity contribution < 1.29 is 0 Å². The van der Waals surface area contributed by atoms with Crippen molar-refractivity contribution >= 4 is 66.9 Å². The maximum absolute atomic E-state index is 6.43. The van der Waals surface area contributed by atoms with Gasteiger partial charge in [0.05, 0.1) is 11.4 Å². The van der Waals surface area contributed by atoms with Crippen molar-refractivity contribution in [1.82, 2.24) is 0 Å². The lowest BCUT2D eigenvalue weighted by Gasteiger charge is -2.31. The van der Waals surface area contributed by atoms with Crippen molar-refractivity contribution in [1.29, 1.82) is 0 Å². The zero-order valence-electron chi connectivity index (χ0n) is 28.5. The monoisotopic (exact) mass is 648 g/mol. The molecule has 1 aliphatic carbocycles. The summed E-state index contributed by atoms with van der Waals surface area (Å²) < 4.78 is 0. The number of hydrogen-bond acceptors (Lipinski definition) is 4. The fourth-order valence-electron chi connectivity index (χ4n) is 7.16. The number of fused-ring (bicyclic) bond motifs is 2. The minimum Gasteiger partial charge on any atom is -0.398 e. The van der Waals surface area contributed by atoms with E-state index < -0.39 is 0 Å². The first-order chi connectivity index (χ1) is 24.4. The van der Waals surface area contributed by atoms with Gasteiger partial charge in [0, 0.05) is 55.7 Å². The number of nitrogens with two attached hydrogens (primary N) is 2. The van der Waals surface area contributed by atoms with E-state index in [1.54, 1.807) is 0 Å². The molecule has 0 saturated heterocycles. The van der Waals surface area contributed by atoms with Crippen LogP contribution in [0.1, 0.15) is 29.5 Å². The molecular weight excluding hydrogens is 609 g/mol. The van der Waals surface area contributed by atoms with E-state index in [0.29, 0.717) is 0 Å². The van der Waals surface area contributed by atoms with Crippen LogP contribution in [0.3, 0.4) is 0 Å². The zero-order chi connectivity index (χ0) is 34.2. The molecule has 4 nitrogen and oxygen atoms in total. The number of rotatable bonds is 7. The van der Waals surface area contributed by atoms with Crippen molar-refractivity contribution in [2.75, 3.05) is 21.3 Å². The maximum Gasteiger partial charge on any atom is 0.0541 e. The molecule has 0 atom stereocenters. The van der Waals surface area contributed by atoms with Crippen LogP contribution in [0, 0.1) is 13.8 Å². The topological polar surface area (TPSA) is 58.5 Å². The summed E-state index contributed by atoms with van der Waals surface area (Å²) in [6.07, 6.45) is 6.42. The Morgan fingerprint density at radius 3 is 1.34 bits per heavy atom. The third-order valence-corrected chi connectivity index (χ3v) is 9.85. The third-order valence-electron chi connectivity index (χ3n) is 9.85. The normalized spacial score (nSPS) is 12.8. The molecule has 0 spiro atoms. The van der Waals surface area contributed by atoms with Gasteiger partial charge >= 0.3 is 0 Å². The number of hydrogen-bond donors (Lipinski definition) is 2. The minimum absolute atomic E-state index is 0.783. The average molecular weight is 649 g/mol. The highest BCUT2D eigenvalue weighted by atomic mass is 15.2. The molecule has 0 fully saturated rings. The van der Waals surface area contributed by atoms with Gasteiger partial charge < -0.3 is 21.3 Å². The van der Waals surface area contributed by atoms with Crippen LogP contribution in [0.15, 0.2) is 163 Å². The Labute approximate surface area is 294 Å². The average Bonchev–Trinajstić information content (AvgIpc) is 3.16. The van der Waals surface area contributed by atoms with E-state index in [0.717, 1.165) is 74.2 Å². The maximum atomic E-state index is 6.43. The van der Waals surface area contributed by atoms with Crippen molar-refractivity contribution in [3.05, 3.63) is 180 Å².